The Kier molecular flexibility index (Phi) is 8.91. The minimum atomic E-state index is -1.10. The summed E-state index contributed by atoms with van der Waals surface area (Å²) in [7, 11) is 1.60. The number of likely N-dealkylation sites (tertiary alicyclic amines) is 1. The van der Waals surface area contributed by atoms with Gasteiger partial charge in [-0.2, -0.15) is 0 Å². The van der Waals surface area contributed by atoms with Crippen molar-refractivity contribution in [2.75, 3.05) is 13.7 Å². The zero-order chi connectivity index (χ0) is 29.5. The quantitative estimate of drug-likeness (QED) is 0.248. The number of methoxy groups -OCH3 is 1. The fourth-order valence-electron chi connectivity index (χ4n) is 5.69. The van der Waals surface area contributed by atoms with Crippen molar-refractivity contribution in [2.24, 2.45) is 0 Å². The number of aromatic nitrogens is 1. The normalized spacial score (nSPS) is 18.6. The molecule has 218 valence electrons. The van der Waals surface area contributed by atoms with Gasteiger partial charge in [0, 0.05) is 36.6 Å². The second-order valence-corrected chi connectivity index (χ2v) is 11.1. The van der Waals surface area contributed by atoms with Crippen molar-refractivity contribution in [3.63, 3.8) is 0 Å². The highest BCUT2D eigenvalue weighted by Gasteiger charge is 2.47. The molecule has 8 nitrogen and oxygen atoms in total. The molecule has 3 aromatic carbocycles. The Morgan fingerprint density at radius 1 is 0.976 bits per heavy atom. The highest BCUT2D eigenvalue weighted by Crippen LogP contribution is 2.29. The number of H-pyrrole nitrogens is 1. The minimum Gasteiger partial charge on any atom is -0.497 e. The zero-order valence-corrected chi connectivity index (χ0v) is 24.2. The molecule has 0 radical (unpaired) electrons. The van der Waals surface area contributed by atoms with Crippen LogP contribution in [-0.2, 0) is 33.8 Å². The Morgan fingerprint density at radius 2 is 1.71 bits per heavy atom. The van der Waals surface area contributed by atoms with Crippen LogP contribution in [-0.4, -0.2) is 52.8 Å². The Labute approximate surface area is 246 Å². The van der Waals surface area contributed by atoms with Crippen LogP contribution in [0.4, 0.5) is 0 Å². The molecule has 1 saturated heterocycles. The number of hydrogen-bond acceptors (Lipinski definition) is 4. The lowest BCUT2D eigenvalue weighted by Crippen LogP contribution is -2.65. The third-order valence-electron chi connectivity index (χ3n) is 8.11. The van der Waals surface area contributed by atoms with Crippen LogP contribution >= 0.6 is 0 Å². The van der Waals surface area contributed by atoms with Crippen molar-refractivity contribution in [3.8, 4) is 5.75 Å². The van der Waals surface area contributed by atoms with Crippen molar-refractivity contribution in [1.29, 1.82) is 0 Å². The van der Waals surface area contributed by atoms with Crippen molar-refractivity contribution in [2.45, 2.75) is 57.2 Å². The van der Waals surface area contributed by atoms with E-state index in [-0.39, 0.29) is 30.7 Å². The zero-order valence-electron chi connectivity index (χ0n) is 24.2. The Bertz CT molecular complexity index is 1530. The molecule has 3 N–H and O–H groups in total. The number of carbonyl (C=O) groups is 3. The third kappa shape index (κ3) is 6.65. The SMILES string of the molecule is COc1ccc(CN2C(=O)[C@@](C)(NC(=O)CCc3ccccc3)CC[C@H]2C(=O)NCCc2c[nH]c3ccccc23)cc1. The lowest BCUT2D eigenvalue weighted by molar-refractivity contribution is -0.152. The smallest absolute Gasteiger partial charge is 0.249 e. The number of carbonyl (C=O) groups excluding carboxylic acids is 3. The predicted octanol–water partition coefficient (Wildman–Crippen LogP) is 4.53. The highest BCUT2D eigenvalue weighted by atomic mass is 16.5. The van der Waals surface area contributed by atoms with Gasteiger partial charge in [0.25, 0.3) is 0 Å². The summed E-state index contributed by atoms with van der Waals surface area (Å²) in [5.41, 5.74) is 3.04. The summed E-state index contributed by atoms with van der Waals surface area (Å²) >= 11 is 0. The first-order valence-electron chi connectivity index (χ1n) is 14.5. The van der Waals surface area contributed by atoms with Crippen molar-refractivity contribution >= 4 is 28.6 Å². The van der Waals surface area contributed by atoms with Gasteiger partial charge >= 0.3 is 0 Å². The summed E-state index contributed by atoms with van der Waals surface area (Å²) in [6.45, 7) is 2.47. The van der Waals surface area contributed by atoms with Gasteiger partial charge in [0.05, 0.1) is 7.11 Å². The molecule has 1 fully saturated rings. The number of aryl methyl sites for hydroxylation is 1. The van der Waals surface area contributed by atoms with Crippen LogP contribution in [0.1, 0.15) is 42.9 Å². The maximum atomic E-state index is 14.0. The summed E-state index contributed by atoms with van der Waals surface area (Å²) < 4.78 is 5.28. The van der Waals surface area contributed by atoms with Gasteiger partial charge in [-0.1, -0.05) is 60.7 Å². The Hall–Kier alpha value is -4.59. The first-order valence-corrected chi connectivity index (χ1v) is 14.5. The lowest BCUT2D eigenvalue weighted by atomic mass is 9.85. The van der Waals surface area contributed by atoms with Crippen LogP contribution < -0.4 is 15.4 Å². The van der Waals surface area contributed by atoms with Crippen LogP contribution in [0.5, 0.6) is 5.75 Å². The molecule has 0 bridgehead atoms. The summed E-state index contributed by atoms with van der Waals surface area (Å²) in [5, 5.41) is 7.20. The molecule has 0 saturated carbocycles. The third-order valence-corrected chi connectivity index (χ3v) is 8.11. The van der Waals surface area contributed by atoms with Crippen LogP contribution in [0.25, 0.3) is 10.9 Å². The number of piperidine rings is 1. The molecular weight excluding hydrogens is 528 g/mol. The van der Waals surface area contributed by atoms with Gasteiger partial charge in [0.2, 0.25) is 17.7 Å². The number of para-hydroxylation sites is 1. The van der Waals surface area contributed by atoms with Crippen molar-refractivity contribution in [1.82, 2.24) is 20.5 Å². The number of amides is 3. The highest BCUT2D eigenvalue weighted by molar-refractivity contribution is 5.96. The van der Waals surface area contributed by atoms with E-state index in [0.29, 0.717) is 38.0 Å². The van der Waals surface area contributed by atoms with Gasteiger partial charge in [0.15, 0.2) is 0 Å². The number of ether oxygens (including phenoxy) is 1. The summed E-state index contributed by atoms with van der Waals surface area (Å²) in [4.78, 5) is 45.4. The number of aromatic amines is 1. The van der Waals surface area contributed by atoms with E-state index in [4.69, 9.17) is 4.74 Å². The largest absolute Gasteiger partial charge is 0.497 e. The maximum absolute atomic E-state index is 14.0. The predicted molar refractivity (Wildman–Crippen MR) is 163 cm³/mol. The van der Waals surface area contributed by atoms with E-state index in [1.165, 1.54) is 0 Å². The average Bonchev–Trinajstić information content (AvgIpc) is 3.42. The number of benzene rings is 3. The monoisotopic (exact) mass is 566 g/mol. The first-order chi connectivity index (χ1) is 20.4. The molecule has 2 heterocycles. The number of rotatable bonds is 11. The van der Waals surface area contributed by atoms with E-state index >= 15 is 0 Å². The van der Waals surface area contributed by atoms with Crippen LogP contribution in [0.3, 0.4) is 0 Å². The Morgan fingerprint density at radius 3 is 2.48 bits per heavy atom. The topological polar surface area (TPSA) is 104 Å². The van der Waals surface area contributed by atoms with E-state index in [9.17, 15) is 14.4 Å². The van der Waals surface area contributed by atoms with Crippen LogP contribution in [0, 0.1) is 0 Å². The summed E-state index contributed by atoms with van der Waals surface area (Å²) in [6, 6.07) is 24.7. The van der Waals surface area contributed by atoms with Crippen molar-refractivity contribution < 1.29 is 19.1 Å². The molecule has 5 rings (SSSR count). The number of nitrogens with zero attached hydrogens (tertiary/aromatic N) is 1. The molecule has 1 aliphatic heterocycles. The van der Waals surface area contributed by atoms with E-state index in [1.54, 1.807) is 18.9 Å². The molecule has 8 heteroatoms. The standard InChI is InChI=1S/C34H38N4O4/c1-34(37-31(39)17-14-24-8-4-3-5-9-24)20-18-30(38(33(34)41)23-25-12-15-27(42-2)16-13-25)32(40)35-21-19-26-22-36-29-11-7-6-10-28(26)29/h3-13,15-16,22,30,36H,14,17-21,23H2,1-2H3,(H,35,40)(H,37,39)/t30-,34-/m0/s1. The molecule has 3 amide bonds. The van der Waals surface area contributed by atoms with E-state index in [2.05, 4.69) is 21.7 Å². The fourth-order valence-corrected chi connectivity index (χ4v) is 5.69. The van der Waals surface area contributed by atoms with Crippen LogP contribution in [0.2, 0.25) is 0 Å². The molecule has 1 aliphatic rings. The molecule has 2 atom stereocenters. The minimum absolute atomic E-state index is 0.180. The molecular formula is C34H38N4O4. The molecule has 1 aromatic heterocycles. The molecule has 4 aromatic rings. The van der Waals surface area contributed by atoms with Crippen LogP contribution in [0.15, 0.2) is 85.1 Å². The molecule has 0 aliphatic carbocycles. The van der Waals surface area contributed by atoms with E-state index in [0.717, 1.165) is 27.6 Å². The lowest BCUT2D eigenvalue weighted by Gasteiger charge is -2.44. The van der Waals surface area contributed by atoms with Gasteiger partial charge in [-0.3, -0.25) is 14.4 Å². The maximum Gasteiger partial charge on any atom is 0.249 e. The fraction of sp³-hybridized carbons (Fsp3) is 0.324. The second-order valence-electron chi connectivity index (χ2n) is 11.1. The van der Waals surface area contributed by atoms with E-state index in [1.807, 2.05) is 79.0 Å². The Balaban J connectivity index is 1.27. The average molecular weight is 567 g/mol. The number of fused-ring (bicyclic) bond motifs is 1. The van der Waals surface area contributed by atoms with Gasteiger partial charge < -0.3 is 25.3 Å². The molecule has 0 unspecified atom stereocenters. The first kappa shape index (κ1) is 28.9. The molecule has 0 spiro atoms. The summed E-state index contributed by atoms with van der Waals surface area (Å²) in [6.07, 6.45) is 4.34. The van der Waals surface area contributed by atoms with Crippen molar-refractivity contribution in [3.05, 3.63) is 102 Å². The van der Waals surface area contributed by atoms with E-state index < -0.39 is 11.6 Å². The number of hydrogen-bond donors (Lipinski definition) is 3. The van der Waals surface area contributed by atoms with Gasteiger partial charge in [-0.15, -0.1) is 0 Å². The van der Waals surface area contributed by atoms with Gasteiger partial charge in [-0.05, 0) is 67.5 Å². The summed E-state index contributed by atoms with van der Waals surface area (Å²) in [5.74, 6) is 0.0927. The van der Waals surface area contributed by atoms with Gasteiger partial charge in [0.1, 0.15) is 17.3 Å². The second kappa shape index (κ2) is 12.9. The number of nitrogens with one attached hydrogen (secondary N) is 3. The molecule has 42 heavy (non-hydrogen) atoms. The van der Waals surface area contributed by atoms with Gasteiger partial charge in [-0.25, -0.2) is 0 Å².